The van der Waals surface area contributed by atoms with Crippen LogP contribution in [0.4, 0.5) is 0 Å². The maximum atomic E-state index is 11.6. The standard InChI is InChI=1S/C13H22N4O2S/c1-14-13(12-7-15-10-16-8-12)6-11-4-3-5-17(9-11)20(2,18)19/h7-8,10-11,13-14H,3-6,9H2,1-2H3. The van der Waals surface area contributed by atoms with Gasteiger partial charge < -0.3 is 5.32 Å². The van der Waals surface area contributed by atoms with Crippen LogP contribution in [0, 0.1) is 5.92 Å². The minimum absolute atomic E-state index is 0.167. The molecule has 20 heavy (non-hydrogen) atoms. The fraction of sp³-hybridized carbons (Fsp3) is 0.692. The quantitative estimate of drug-likeness (QED) is 0.870. The van der Waals surface area contributed by atoms with Crippen molar-refractivity contribution in [2.24, 2.45) is 5.92 Å². The zero-order valence-electron chi connectivity index (χ0n) is 12.0. The molecular formula is C13H22N4O2S. The summed E-state index contributed by atoms with van der Waals surface area (Å²) in [6, 6.07) is 0.167. The predicted octanol–water partition coefficient (Wildman–Crippen LogP) is 0.799. The highest BCUT2D eigenvalue weighted by atomic mass is 32.2. The molecule has 0 amide bonds. The third kappa shape index (κ3) is 3.97. The van der Waals surface area contributed by atoms with Crippen LogP contribution in [0.2, 0.25) is 0 Å². The highest BCUT2D eigenvalue weighted by Crippen LogP contribution is 2.27. The zero-order valence-corrected chi connectivity index (χ0v) is 12.8. The van der Waals surface area contributed by atoms with E-state index in [1.165, 1.54) is 12.6 Å². The molecular weight excluding hydrogens is 276 g/mol. The van der Waals surface area contributed by atoms with Gasteiger partial charge in [0.2, 0.25) is 10.0 Å². The molecule has 1 fully saturated rings. The lowest BCUT2D eigenvalue weighted by atomic mass is 9.90. The Kier molecular flexibility index (Phi) is 5.06. The van der Waals surface area contributed by atoms with Gasteiger partial charge in [0, 0.05) is 37.1 Å². The molecule has 1 N–H and O–H groups in total. The Balaban J connectivity index is 2.01. The van der Waals surface area contributed by atoms with E-state index in [0.29, 0.717) is 19.0 Å². The van der Waals surface area contributed by atoms with Crippen molar-refractivity contribution < 1.29 is 8.42 Å². The summed E-state index contributed by atoms with van der Waals surface area (Å²) in [7, 11) is -1.17. The maximum Gasteiger partial charge on any atom is 0.211 e. The van der Waals surface area contributed by atoms with E-state index in [9.17, 15) is 8.42 Å². The Bertz CT molecular complexity index is 520. The summed E-state index contributed by atoms with van der Waals surface area (Å²) in [4.78, 5) is 8.09. The number of nitrogens with one attached hydrogen (secondary N) is 1. The van der Waals surface area contributed by atoms with E-state index in [1.807, 2.05) is 19.4 Å². The van der Waals surface area contributed by atoms with Crippen molar-refractivity contribution >= 4 is 10.0 Å². The second-order valence-corrected chi connectivity index (χ2v) is 7.36. The van der Waals surface area contributed by atoms with Crippen molar-refractivity contribution in [1.29, 1.82) is 0 Å². The Morgan fingerprint density at radius 2 is 2.15 bits per heavy atom. The number of sulfonamides is 1. The lowest BCUT2D eigenvalue weighted by Crippen LogP contribution is -2.40. The van der Waals surface area contributed by atoms with Crippen LogP contribution in [0.15, 0.2) is 18.7 Å². The van der Waals surface area contributed by atoms with E-state index in [4.69, 9.17) is 0 Å². The average Bonchev–Trinajstić information content (AvgIpc) is 2.45. The van der Waals surface area contributed by atoms with Crippen molar-refractivity contribution in [3.63, 3.8) is 0 Å². The lowest BCUT2D eigenvalue weighted by molar-refractivity contribution is 0.240. The summed E-state index contributed by atoms with van der Waals surface area (Å²) in [5.74, 6) is 0.371. The molecule has 1 aromatic rings. The van der Waals surface area contributed by atoms with Gasteiger partial charge in [-0.1, -0.05) is 0 Å². The summed E-state index contributed by atoms with van der Waals surface area (Å²) in [5, 5.41) is 3.27. The third-order valence-electron chi connectivity index (χ3n) is 3.85. The normalized spacial score (nSPS) is 22.6. The van der Waals surface area contributed by atoms with Crippen LogP contribution < -0.4 is 5.32 Å². The smallest absolute Gasteiger partial charge is 0.211 e. The largest absolute Gasteiger partial charge is 0.313 e. The van der Waals surface area contributed by atoms with Crippen molar-refractivity contribution in [1.82, 2.24) is 19.6 Å². The molecule has 0 aromatic carbocycles. The molecule has 0 bridgehead atoms. The number of piperidine rings is 1. The lowest BCUT2D eigenvalue weighted by Gasteiger charge is -2.32. The van der Waals surface area contributed by atoms with Gasteiger partial charge in [0.15, 0.2) is 0 Å². The van der Waals surface area contributed by atoms with E-state index >= 15 is 0 Å². The molecule has 2 heterocycles. The molecule has 112 valence electrons. The first-order valence-corrected chi connectivity index (χ1v) is 8.73. The Hall–Kier alpha value is -1.05. The van der Waals surface area contributed by atoms with Gasteiger partial charge in [-0.15, -0.1) is 0 Å². The molecule has 2 rings (SSSR count). The Morgan fingerprint density at radius 1 is 1.45 bits per heavy atom. The fourth-order valence-electron chi connectivity index (χ4n) is 2.76. The molecule has 1 aliphatic rings. The van der Waals surface area contributed by atoms with Gasteiger partial charge in [-0.25, -0.2) is 22.7 Å². The number of nitrogens with zero attached hydrogens (tertiary/aromatic N) is 3. The molecule has 6 nitrogen and oxygen atoms in total. The van der Waals surface area contributed by atoms with Gasteiger partial charge in [-0.2, -0.15) is 0 Å². The second kappa shape index (κ2) is 6.60. The maximum absolute atomic E-state index is 11.6. The van der Waals surface area contributed by atoms with Crippen LogP contribution in [-0.4, -0.2) is 49.1 Å². The molecule has 1 saturated heterocycles. The minimum Gasteiger partial charge on any atom is -0.313 e. The minimum atomic E-state index is -3.08. The van der Waals surface area contributed by atoms with E-state index in [-0.39, 0.29) is 6.04 Å². The van der Waals surface area contributed by atoms with Gasteiger partial charge in [0.1, 0.15) is 6.33 Å². The van der Waals surface area contributed by atoms with Gasteiger partial charge >= 0.3 is 0 Å². The molecule has 1 aliphatic heterocycles. The number of rotatable bonds is 5. The van der Waals surface area contributed by atoms with Crippen molar-refractivity contribution in [3.8, 4) is 0 Å². The molecule has 0 radical (unpaired) electrons. The molecule has 0 aliphatic carbocycles. The van der Waals surface area contributed by atoms with E-state index in [2.05, 4.69) is 15.3 Å². The number of hydrogen-bond donors (Lipinski definition) is 1. The zero-order chi connectivity index (χ0) is 14.6. The molecule has 1 aromatic heterocycles. The van der Waals surface area contributed by atoms with Crippen LogP contribution in [0.3, 0.4) is 0 Å². The van der Waals surface area contributed by atoms with Gasteiger partial charge in [0.05, 0.1) is 6.26 Å². The first-order chi connectivity index (χ1) is 9.50. The van der Waals surface area contributed by atoms with Crippen molar-refractivity contribution in [3.05, 3.63) is 24.3 Å². The summed E-state index contributed by atoms with van der Waals surface area (Å²) < 4.78 is 24.9. The average molecular weight is 298 g/mol. The summed E-state index contributed by atoms with van der Waals surface area (Å²) >= 11 is 0. The third-order valence-corrected chi connectivity index (χ3v) is 5.12. The first kappa shape index (κ1) is 15.3. The Labute approximate surface area is 120 Å². The summed E-state index contributed by atoms with van der Waals surface area (Å²) in [6.07, 6.45) is 9.32. The van der Waals surface area contributed by atoms with Crippen LogP contribution in [0.25, 0.3) is 0 Å². The molecule has 0 spiro atoms. The van der Waals surface area contributed by atoms with Gasteiger partial charge in [-0.05, 0) is 32.2 Å². The second-order valence-electron chi connectivity index (χ2n) is 5.38. The van der Waals surface area contributed by atoms with E-state index in [1.54, 1.807) is 4.31 Å². The van der Waals surface area contributed by atoms with Gasteiger partial charge in [-0.3, -0.25) is 0 Å². The van der Waals surface area contributed by atoms with Crippen LogP contribution in [-0.2, 0) is 10.0 Å². The van der Waals surface area contributed by atoms with Crippen molar-refractivity contribution in [2.75, 3.05) is 26.4 Å². The Morgan fingerprint density at radius 3 is 2.75 bits per heavy atom. The predicted molar refractivity (Wildman–Crippen MR) is 77.6 cm³/mol. The molecule has 2 unspecified atom stereocenters. The number of aromatic nitrogens is 2. The van der Waals surface area contributed by atoms with E-state index < -0.39 is 10.0 Å². The highest BCUT2D eigenvalue weighted by molar-refractivity contribution is 7.88. The molecule has 7 heteroatoms. The summed E-state index contributed by atoms with van der Waals surface area (Å²) in [5.41, 5.74) is 1.05. The fourth-order valence-corrected chi connectivity index (χ4v) is 3.71. The number of hydrogen-bond acceptors (Lipinski definition) is 5. The van der Waals surface area contributed by atoms with Crippen molar-refractivity contribution in [2.45, 2.75) is 25.3 Å². The monoisotopic (exact) mass is 298 g/mol. The van der Waals surface area contributed by atoms with Crippen LogP contribution in [0.5, 0.6) is 0 Å². The molecule has 0 saturated carbocycles. The SMILES string of the molecule is CNC(CC1CCCN(S(C)(=O)=O)C1)c1cncnc1. The molecule has 2 atom stereocenters. The van der Waals surface area contributed by atoms with E-state index in [0.717, 1.165) is 24.8 Å². The first-order valence-electron chi connectivity index (χ1n) is 6.88. The highest BCUT2D eigenvalue weighted by Gasteiger charge is 2.27. The topological polar surface area (TPSA) is 75.2 Å². The van der Waals surface area contributed by atoms with Gasteiger partial charge in [0.25, 0.3) is 0 Å². The van der Waals surface area contributed by atoms with Crippen LogP contribution in [0.1, 0.15) is 30.9 Å². The summed E-state index contributed by atoms with van der Waals surface area (Å²) in [6.45, 7) is 1.26. The van der Waals surface area contributed by atoms with Crippen LogP contribution >= 0.6 is 0 Å².